The van der Waals surface area contributed by atoms with Crippen molar-refractivity contribution >= 4 is 6.03 Å². The lowest BCUT2D eigenvalue weighted by Gasteiger charge is -2.16. The van der Waals surface area contributed by atoms with Crippen molar-refractivity contribution in [3.63, 3.8) is 0 Å². The largest absolute Gasteiger partial charge is 0.336 e. The Morgan fingerprint density at radius 3 is 2.93 bits per heavy atom. The average molecular weight is 213 g/mol. The molecule has 1 aliphatic heterocycles. The van der Waals surface area contributed by atoms with E-state index in [0.29, 0.717) is 12.6 Å². The van der Waals surface area contributed by atoms with Gasteiger partial charge in [-0.05, 0) is 12.8 Å². The lowest BCUT2D eigenvalue weighted by molar-refractivity contribution is -0.0219. The van der Waals surface area contributed by atoms with Crippen LogP contribution in [0.3, 0.4) is 0 Å². The van der Waals surface area contributed by atoms with Crippen molar-refractivity contribution in [2.45, 2.75) is 31.8 Å². The highest BCUT2D eigenvalue weighted by Crippen LogP contribution is 2.19. The van der Waals surface area contributed by atoms with Gasteiger partial charge in [-0.25, -0.2) is 10.3 Å². The van der Waals surface area contributed by atoms with Crippen LogP contribution >= 0.6 is 0 Å². The van der Waals surface area contributed by atoms with Crippen LogP contribution in [0.4, 0.5) is 4.79 Å². The van der Waals surface area contributed by atoms with Gasteiger partial charge in [0.1, 0.15) is 0 Å². The molecule has 5 nitrogen and oxygen atoms in total. The van der Waals surface area contributed by atoms with E-state index in [1.54, 1.807) is 4.90 Å². The fourth-order valence-electron chi connectivity index (χ4n) is 2.09. The minimum atomic E-state index is 0.0395. The molecule has 86 valence electrons. The highest BCUT2D eigenvalue weighted by molar-refractivity contribution is 5.76. The quantitative estimate of drug-likeness (QED) is 0.516. The van der Waals surface area contributed by atoms with Crippen molar-refractivity contribution in [1.29, 1.82) is 0 Å². The molecule has 0 aromatic carbocycles. The summed E-state index contributed by atoms with van der Waals surface area (Å²) in [5.74, 6) is 0. The van der Waals surface area contributed by atoms with Gasteiger partial charge < -0.3 is 10.2 Å². The molecule has 0 unspecified atom stereocenters. The van der Waals surface area contributed by atoms with E-state index in [0.717, 1.165) is 32.5 Å². The summed E-state index contributed by atoms with van der Waals surface area (Å²) in [4.78, 5) is 18.5. The zero-order valence-corrected chi connectivity index (χ0v) is 9.00. The maximum absolute atomic E-state index is 11.2. The van der Waals surface area contributed by atoms with Crippen LogP contribution in [0.15, 0.2) is 0 Å². The van der Waals surface area contributed by atoms with Gasteiger partial charge in [-0.2, -0.15) is 0 Å². The van der Waals surface area contributed by atoms with Gasteiger partial charge in [-0.15, -0.1) is 0 Å². The van der Waals surface area contributed by atoms with Crippen molar-refractivity contribution in [2.24, 2.45) is 0 Å². The number of amides is 2. The molecule has 2 amide bonds. The van der Waals surface area contributed by atoms with Crippen LogP contribution in [-0.4, -0.2) is 43.2 Å². The van der Waals surface area contributed by atoms with Crippen molar-refractivity contribution in [3.8, 4) is 0 Å². The predicted octanol–water partition coefficient (Wildman–Crippen LogP) is 0.475. The monoisotopic (exact) mass is 213 g/mol. The molecular weight excluding hydrogens is 194 g/mol. The number of rotatable bonds is 5. The normalized spacial score (nSPS) is 22.4. The summed E-state index contributed by atoms with van der Waals surface area (Å²) in [5, 5.41) is 2.77. The molecule has 15 heavy (non-hydrogen) atoms. The van der Waals surface area contributed by atoms with Crippen LogP contribution in [0.2, 0.25) is 0 Å². The van der Waals surface area contributed by atoms with Crippen LogP contribution in [0.1, 0.15) is 25.7 Å². The third kappa shape index (κ3) is 3.07. The number of carbonyl (C=O) groups excluding carboxylic acids is 1. The predicted molar refractivity (Wildman–Crippen MR) is 56.3 cm³/mol. The Hall–Kier alpha value is -0.810. The van der Waals surface area contributed by atoms with Crippen LogP contribution in [-0.2, 0) is 4.84 Å². The zero-order valence-electron chi connectivity index (χ0n) is 9.00. The molecule has 0 aromatic heterocycles. The summed E-state index contributed by atoms with van der Waals surface area (Å²) in [5.41, 5.74) is 2.95. The van der Waals surface area contributed by atoms with Gasteiger partial charge in [0.25, 0.3) is 0 Å². The van der Waals surface area contributed by atoms with Crippen LogP contribution in [0, 0.1) is 0 Å². The molecule has 0 bridgehead atoms. The van der Waals surface area contributed by atoms with E-state index >= 15 is 0 Å². The lowest BCUT2D eigenvalue weighted by Crippen LogP contribution is -2.35. The Balaban J connectivity index is 1.52. The fraction of sp³-hybridized carbons (Fsp3) is 0.900. The van der Waals surface area contributed by atoms with Crippen molar-refractivity contribution < 1.29 is 9.63 Å². The van der Waals surface area contributed by atoms with E-state index < -0.39 is 0 Å². The number of urea groups is 1. The Labute approximate surface area is 90.1 Å². The van der Waals surface area contributed by atoms with Gasteiger partial charge in [0.15, 0.2) is 0 Å². The smallest absolute Gasteiger partial charge is 0.317 e. The van der Waals surface area contributed by atoms with Gasteiger partial charge in [0, 0.05) is 26.2 Å². The topological polar surface area (TPSA) is 53.6 Å². The van der Waals surface area contributed by atoms with Crippen molar-refractivity contribution in [1.82, 2.24) is 15.7 Å². The number of nitrogens with one attached hydrogen (secondary N) is 2. The first-order chi connectivity index (χ1) is 7.36. The van der Waals surface area contributed by atoms with E-state index in [1.807, 2.05) is 0 Å². The first kappa shape index (κ1) is 10.7. The highest BCUT2D eigenvalue weighted by atomic mass is 16.7. The summed E-state index contributed by atoms with van der Waals surface area (Å²) in [6.07, 6.45) is 5.27. The molecule has 0 aromatic rings. The SMILES string of the molecule is O=C1NCCN1CCNOC1CCCC1. The maximum atomic E-state index is 11.2. The minimum Gasteiger partial charge on any atom is -0.336 e. The maximum Gasteiger partial charge on any atom is 0.317 e. The molecule has 2 rings (SSSR count). The van der Waals surface area contributed by atoms with E-state index in [-0.39, 0.29) is 6.03 Å². The Morgan fingerprint density at radius 2 is 2.27 bits per heavy atom. The fourth-order valence-corrected chi connectivity index (χ4v) is 2.09. The Bertz CT molecular complexity index is 217. The zero-order chi connectivity index (χ0) is 10.5. The molecule has 0 spiro atoms. The van der Waals surface area contributed by atoms with E-state index in [2.05, 4.69) is 10.8 Å². The number of carbonyl (C=O) groups is 1. The summed E-state index contributed by atoms with van der Waals surface area (Å²) in [6, 6.07) is 0.0395. The number of hydroxylamine groups is 1. The van der Waals surface area contributed by atoms with Crippen molar-refractivity contribution in [2.75, 3.05) is 26.2 Å². The highest BCUT2D eigenvalue weighted by Gasteiger charge is 2.19. The third-order valence-electron chi connectivity index (χ3n) is 2.98. The van der Waals surface area contributed by atoms with Crippen LogP contribution in [0.5, 0.6) is 0 Å². The molecule has 5 heteroatoms. The standard InChI is InChI=1S/C10H19N3O2/c14-10-11-5-7-13(10)8-6-12-15-9-3-1-2-4-9/h9,12H,1-8H2,(H,11,14). The third-order valence-corrected chi connectivity index (χ3v) is 2.98. The van der Waals surface area contributed by atoms with Crippen LogP contribution < -0.4 is 10.8 Å². The van der Waals surface area contributed by atoms with E-state index in [9.17, 15) is 4.79 Å². The van der Waals surface area contributed by atoms with Gasteiger partial charge in [0.05, 0.1) is 6.10 Å². The van der Waals surface area contributed by atoms with Gasteiger partial charge in [-0.1, -0.05) is 12.8 Å². The average Bonchev–Trinajstić information content (AvgIpc) is 2.85. The summed E-state index contributed by atoms with van der Waals surface area (Å²) in [6.45, 7) is 3.01. The summed E-state index contributed by atoms with van der Waals surface area (Å²) in [7, 11) is 0. The second kappa shape index (κ2) is 5.32. The van der Waals surface area contributed by atoms with Gasteiger partial charge in [-0.3, -0.25) is 4.84 Å². The van der Waals surface area contributed by atoms with Crippen LogP contribution in [0.25, 0.3) is 0 Å². The summed E-state index contributed by atoms with van der Waals surface area (Å²) >= 11 is 0. The van der Waals surface area contributed by atoms with E-state index in [1.165, 1.54) is 12.8 Å². The molecule has 2 aliphatic rings. The Kier molecular flexibility index (Phi) is 3.80. The van der Waals surface area contributed by atoms with E-state index in [4.69, 9.17) is 4.84 Å². The van der Waals surface area contributed by atoms with Gasteiger partial charge >= 0.3 is 6.03 Å². The molecular formula is C10H19N3O2. The molecule has 0 radical (unpaired) electrons. The molecule has 1 heterocycles. The molecule has 1 saturated carbocycles. The lowest BCUT2D eigenvalue weighted by atomic mass is 10.3. The minimum absolute atomic E-state index is 0.0395. The number of hydrogen-bond acceptors (Lipinski definition) is 3. The second-order valence-electron chi connectivity index (χ2n) is 4.14. The molecule has 1 saturated heterocycles. The molecule has 1 aliphatic carbocycles. The first-order valence-electron chi connectivity index (χ1n) is 5.77. The number of nitrogens with zero attached hydrogens (tertiary/aromatic N) is 1. The second-order valence-corrected chi connectivity index (χ2v) is 4.14. The number of hydrogen-bond donors (Lipinski definition) is 2. The van der Waals surface area contributed by atoms with Crippen molar-refractivity contribution in [3.05, 3.63) is 0 Å². The molecule has 2 fully saturated rings. The Morgan fingerprint density at radius 1 is 1.47 bits per heavy atom. The molecule has 0 atom stereocenters. The van der Waals surface area contributed by atoms with Gasteiger partial charge in [0.2, 0.25) is 0 Å². The summed E-state index contributed by atoms with van der Waals surface area (Å²) < 4.78 is 0. The molecule has 2 N–H and O–H groups in total. The first-order valence-corrected chi connectivity index (χ1v) is 5.77.